The van der Waals surface area contributed by atoms with Crippen LogP contribution in [0.5, 0.6) is 5.75 Å². The van der Waals surface area contributed by atoms with Crippen molar-refractivity contribution in [3.8, 4) is 22.9 Å². The number of hydrogen-bond acceptors (Lipinski definition) is 3. The first kappa shape index (κ1) is 21.0. The lowest BCUT2D eigenvalue weighted by Gasteiger charge is -2.13. The molecule has 0 N–H and O–H groups in total. The molecule has 0 saturated heterocycles. The molecule has 0 aliphatic carbocycles. The molecule has 0 saturated carbocycles. The van der Waals surface area contributed by atoms with Crippen LogP contribution in [-0.2, 0) is 0 Å². The Morgan fingerprint density at radius 2 is 1.55 bits per heavy atom. The van der Waals surface area contributed by atoms with Gasteiger partial charge in [-0.25, -0.2) is 0 Å². The second-order valence-electron chi connectivity index (χ2n) is 7.13. The molecule has 1 aliphatic rings. The minimum atomic E-state index is -4.72. The van der Waals surface area contributed by atoms with Crippen LogP contribution in [-0.4, -0.2) is 12.1 Å². The van der Waals surface area contributed by atoms with E-state index in [0.717, 1.165) is 28.0 Å². The number of hydrogen-bond donors (Lipinski definition) is 0. The first-order chi connectivity index (χ1) is 14.8. The lowest BCUT2D eigenvalue weighted by molar-refractivity contribution is -0.274. The minimum Gasteiger partial charge on any atom is -0.406 e. The molecule has 2 unspecified atom stereocenters. The number of rotatable bonds is 4. The van der Waals surface area contributed by atoms with Crippen LogP contribution < -0.4 is 4.74 Å². The molecule has 0 radical (unpaired) electrons. The Balaban J connectivity index is 1.56. The third-order valence-corrected chi connectivity index (χ3v) is 5.44. The van der Waals surface area contributed by atoms with E-state index in [1.54, 1.807) is 18.2 Å². The molecule has 3 aromatic rings. The van der Waals surface area contributed by atoms with E-state index in [1.165, 1.54) is 12.1 Å². The van der Waals surface area contributed by atoms with Crippen molar-refractivity contribution in [2.45, 2.75) is 18.8 Å². The molecule has 4 rings (SSSR count). The predicted octanol–water partition coefficient (Wildman–Crippen LogP) is 6.98. The maximum absolute atomic E-state index is 12.3. The SMILES string of the molecule is N#CC1CC(c2ccccc2Cl)=NC1c1ccc(-c2ccc(OC(F)(F)F)cc2)cc1. The lowest BCUT2D eigenvalue weighted by atomic mass is 9.92. The Kier molecular flexibility index (Phi) is 5.71. The van der Waals surface area contributed by atoms with E-state index in [2.05, 4.69) is 10.8 Å². The number of alkyl halides is 3. The van der Waals surface area contributed by atoms with Gasteiger partial charge in [0.1, 0.15) is 5.75 Å². The third kappa shape index (κ3) is 4.73. The Labute approximate surface area is 182 Å². The molecule has 0 fully saturated rings. The second kappa shape index (κ2) is 8.44. The third-order valence-electron chi connectivity index (χ3n) is 5.11. The number of nitriles is 1. The Morgan fingerprint density at radius 3 is 2.13 bits per heavy atom. The first-order valence-corrected chi connectivity index (χ1v) is 9.89. The van der Waals surface area contributed by atoms with E-state index in [4.69, 9.17) is 16.6 Å². The molecule has 7 heteroatoms. The second-order valence-corrected chi connectivity index (χ2v) is 7.54. The van der Waals surface area contributed by atoms with Gasteiger partial charge in [-0.1, -0.05) is 66.2 Å². The predicted molar refractivity (Wildman–Crippen MR) is 113 cm³/mol. The average Bonchev–Trinajstić information content (AvgIpc) is 3.18. The Hall–Kier alpha value is -3.30. The zero-order valence-corrected chi connectivity index (χ0v) is 16.9. The van der Waals surface area contributed by atoms with E-state index < -0.39 is 6.36 Å². The van der Waals surface area contributed by atoms with Gasteiger partial charge in [0.2, 0.25) is 0 Å². The van der Waals surface area contributed by atoms with Crippen LogP contribution in [0.1, 0.15) is 23.6 Å². The summed E-state index contributed by atoms with van der Waals surface area (Å²) in [7, 11) is 0. The van der Waals surface area contributed by atoms with Crippen LogP contribution in [0.3, 0.4) is 0 Å². The highest BCUT2D eigenvalue weighted by Crippen LogP contribution is 2.38. The Morgan fingerprint density at radius 1 is 0.935 bits per heavy atom. The van der Waals surface area contributed by atoms with Gasteiger partial charge in [0, 0.05) is 22.7 Å². The molecule has 1 aliphatic heterocycles. The van der Waals surface area contributed by atoms with Crippen LogP contribution in [0.4, 0.5) is 13.2 Å². The molecular formula is C24H16ClF3N2O. The zero-order chi connectivity index (χ0) is 22.0. The number of aliphatic imine (C=N–C) groups is 1. The quantitative estimate of drug-likeness (QED) is 0.439. The average molecular weight is 441 g/mol. The minimum absolute atomic E-state index is 0.267. The summed E-state index contributed by atoms with van der Waals surface area (Å²) < 4.78 is 40.8. The van der Waals surface area contributed by atoms with E-state index in [9.17, 15) is 18.4 Å². The highest BCUT2D eigenvalue weighted by atomic mass is 35.5. The molecule has 0 bridgehead atoms. The zero-order valence-electron chi connectivity index (χ0n) is 16.1. The summed E-state index contributed by atoms with van der Waals surface area (Å²) in [4.78, 5) is 4.78. The summed E-state index contributed by atoms with van der Waals surface area (Å²) in [6, 6.07) is 22.7. The van der Waals surface area contributed by atoms with Gasteiger partial charge in [0.05, 0.1) is 18.0 Å². The van der Waals surface area contributed by atoms with Crippen molar-refractivity contribution in [3.05, 3.63) is 88.9 Å². The van der Waals surface area contributed by atoms with Gasteiger partial charge in [-0.2, -0.15) is 5.26 Å². The fourth-order valence-electron chi connectivity index (χ4n) is 3.65. The normalized spacial score (nSPS) is 18.4. The largest absolute Gasteiger partial charge is 0.573 e. The van der Waals surface area contributed by atoms with Crippen molar-refractivity contribution in [2.75, 3.05) is 0 Å². The van der Waals surface area contributed by atoms with Gasteiger partial charge in [0.25, 0.3) is 0 Å². The van der Waals surface area contributed by atoms with Gasteiger partial charge >= 0.3 is 6.36 Å². The lowest BCUT2D eigenvalue weighted by Crippen LogP contribution is -2.16. The number of ether oxygens (including phenoxy) is 1. The molecular weight excluding hydrogens is 425 g/mol. The molecule has 0 aromatic heterocycles. The van der Waals surface area contributed by atoms with E-state index in [0.29, 0.717) is 11.4 Å². The molecule has 3 nitrogen and oxygen atoms in total. The number of halogens is 4. The van der Waals surface area contributed by atoms with Crippen molar-refractivity contribution in [1.82, 2.24) is 0 Å². The molecule has 31 heavy (non-hydrogen) atoms. The summed E-state index contributed by atoms with van der Waals surface area (Å²) >= 11 is 6.29. The fraction of sp³-hybridized carbons (Fsp3) is 0.167. The molecule has 2 atom stereocenters. The van der Waals surface area contributed by atoms with Crippen LogP contribution in [0.15, 0.2) is 77.8 Å². The molecule has 156 valence electrons. The standard InChI is InChI=1S/C24H16ClF3N2O/c25-21-4-2-1-3-20(21)22-13-18(14-29)23(30-22)17-7-5-15(6-8-17)16-9-11-19(12-10-16)31-24(26,27)28/h1-12,18,23H,13H2. The molecule has 0 spiro atoms. The van der Waals surface area contributed by atoms with Crippen molar-refractivity contribution < 1.29 is 17.9 Å². The fourth-order valence-corrected chi connectivity index (χ4v) is 3.89. The summed E-state index contributed by atoms with van der Waals surface area (Å²) in [6.45, 7) is 0. The van der Waals surface area contributed by atoms with Crippen LogP contribution in [0.25, 0.3) is 11.1 Å². The van der Waals surface area contributed by atoms with Gasteiger partial charge in [-0.3, -0.25) is 4.99 Å². The van der Waals surface area contributed by atoms with Crippen molar-refractivity contribution in [1.29, 1.82) is 5.26 Å². The van der Waals surface area contributed by atoms with Gasteiger partial charge in [0.15, 0.2) is 0 Å². The van der Waals surface area contributed by atoms with E-state index in [-0.39, 0.29) is 17.7 Å². The highest BCUT2D eigenvalue weighted by Gasteiger charge is 2.32. The topological polar surface area (TPSA) is 45.4 Å². The van der Waals surface area contributed by atoms with E-state index >= 15 is 0 Å². The first-order valence-electron chi connectivity index (χ1n) is 9.51. The summed E-state index contributed by atoms with van der Waals surface area (Å²) in [6.07, 6.45) is -4.20. The van der Waals surface area contributed by atoms with E-state index in [1.807, 2.05) is 42.5 Å². The maximum Gasteiger partial charge on any atom is 0.573 e. The van der Waals surface area contributed by atoms with Crippen LogP contribution in [0.2, 0.25) is 5.02 Å². The highest BCUT2D eigenvalue weighted by molar-refractivity contribution is 6.34. The van der Waals surface area contributed by atoms with Crippen molar-refractivity contribution in [2.24, 2.45) is 10.9 Å². The maximum atomic E-state index is 12.3. The number of benzene rings is 3. The van der Waals surface area contributed by atoms with Crippen molar-refractivity contribution in [3.63, 3.8) is 0 Å². The molecule has 1 heterocycles. The summed E-state index contributed by atoms with van der Waals surface area (Å²) in [5.74, 6) is -0.562. The van der Waals surface area contributed by atoms with Crippen molar-refractivity contribution >= 4 is 17.3 Å². The number of nitrogens with zero attached hydrogens (tertiary/aromatic N) is 2. The summed E-state index contributed by atoms with van der Waals surface area (Å²) in [5.41, 5.74) is 4.14. The van der Waals surface area contributed by atoms with Crippen LogP contribution in [0, 0.1) is 17.2 Å². The van der Waals surface area contributed by atoms with Gasteiger partial charge < -0.3 is 4.74 Å². The smallest absolute Gasteiger partial charge is 0.406 e. The Bertz CT molecular complexity index is 1150. The monoisotopic (exact) mass is 440 g/mol. The molecule has 3 aromatic carbocycles. The summed E-state index contributed by atoms with van der Waals surface area (Å²) in [5, 5.41) is 10.2. The van der Waals surface area contributed by atoms with Gasteiger partial charge in [-0.15, -0.1) is 13.2 Å². The van der Waals surface area contributed by atoms with Crippen LogP contribution >= 0.6 is 11.6 Å². The molecule has 0 amide bonds. The van der Waals surface area contributed by atoms with Gasteiger partial charge in [-0.05, 0) is 34.9 Å².